The van der Waals surface area contributed by atoms with Crippen molar-refractivity contribution < 1.29 is 9.32 Å². The van der Waals surface area contributed by atoms with E-state index in [0.717, 1.165) is 22.0 Å². The summed E-state index contributed by atoms with van der Waals surface area (Å²) in [5.74, 6) is 1.19. The molecule has 0 spiro atoms. The minimum absolute atomic E-state index is 0.118. The van der Waals surface area contributed by atoms with E-state index in [1.807, 2.05) is 41.3 Å². The molecule has 3 aromatic rings. The van der Waals surface area contributed by atoms with Crippen LogP contribution in [0.2, 0.25) is 0 Å². The molecule has 0 radical (unpaired) electrons. The van der Waals surface area contributed by atoms with Crippen molar-refractivity contribution in [2.75, 3.05) is 0 Å². The lowest BCUT2D eigenvalue weighted by Gasteiger charge is -2.22. The maximum Gasteiger partial charge on any atom is 0.249 e. The first-order valence-corrected chi connectivity index (χ1v) is 9.90. The molecule has 1 aliphatic rings. The monoisotopic (exact) mass is 425 g/mol. The third kappa shape index (κ3) is 3.81. The van der Waals surface area contributed by atoms with Gasteiger partial charge in [0.1, 0.15) is 6.04 Å². The number of benzene rings is 2. The van der Waals surface area contributed by atoms with Gasteiger partial charge in [0.25, 0.3) is 0 Å². The highest BCUT2D eigenvalue weighted by Crippen LogP contribution is 2.34. The number of carbonyl (C=O) groups is 1. The minimum Gasteiger partial charge on any atom is -0.337 e. The van der Waals surface area contributed by atoms with Gasteiger partial charge < -0.3 is 9.42 Å². The number of carbonyl (C=O) groups excluding carboxylic acids is 1. The minimum atomic E-state index is -0.173. The van der Waals surface area contributed by atoms with Gasteiger partial charge in [-0.1, -0.05) is 64.4 Å². The highest BCUT2D eigenvalue weighted by atomic mass is 79.9. The normalized spacial score (nSPS) is 16.9. The van der Waals surface area contributed by atoms with E-state index in [-0.39, 0.29) is 11.9 Å². The first-order chi connectivity index (χ1) is 13.1. The number of hydrogen-bond donors (Lipinski definition) is 0. The van der Waals surface area contributed by atoms with Crippen molar-refractivity contribution in [1.29, 1.82) is 0 Å². The standard InChI is InChI=1S/C21H20BrN3O2/c1-2-14-6-8-16(9-7-14)20-23-21(27-24-20)18-10-11-19(26)25(18)13-15-4-3-5-17(22)12-15/h3-9,12,18H,2,10-11,13H2,1H3. The molecule has 1 aliphatic heterocycles. The van der Waals surface area contributed by atoms with E-state index in [0.29, 0.717) is 31.1 Å². The fourth-order valence-corrected chi connectivity index (χ4v) is 3.84. The molecule has 1 amide bonds. The Morgan fingerprint density at radius 2 is 2.00 bits per heavy atom. The average Bonchev–Trinajstić information content (AvgIpc) is 3.30. The van der Waals surface area contributed by atoms with Gasteiger partial charge in [0.15, 0.2) is 0 Å². The van der Waals surface area contributed by atoms with Crippen LogP contribution in [-0.4, -0.2) is 20.9 Å². The summed E-state index contributed by atoms with van der Waals surface area (Å²) in [5.41, 5.74) is 3.26. The van der Waals surface area contributed by atoms with E-state index < -0.39 is 0 Å². The van der Waals surface area contributed by atoms with E-state index >= 15 is 0 Å². The number of rotatable bonds is 5. The van der Waals surface area contributed by atoms with Crippen LogP contribution in [-0.2, 0) is 17.8 Å². The third-order valence-corrected chi connectivity index (χ3v) is 5.41. The van der Waals surface area contributed by atoms with Crippen molar-refractivity contribution in [1.82, 2.24) is 15.0 Å². The maximum absolute atomic E-state index is 12.4. The Hall–Kier alpha value is -2.47. The van der Waals surface area contributed by atoms with Crippen molar-refractivity contribution in [3.63, 3.8) is 0 Å². The maximum atomic E-state index is 12.4. The van der Waals surface area contributed by atoms with Gasteiger partial charge >= 0.3 is 0 Å². The van der Waals surface area contributed by atoms with E-state index in [1.54, 1.807) is 0 Å². The van der Waals surface area contributed by atoms with Crippen molar-refractivity contribution in [3.8, 4) is 11.4 Å². The number of likely N-dealkylation sites (tertiary alicyclic amines) is 1. The Morgan fingerprint density at radius 3 is 2.74 bits per heavy atom. The van der Waals surface area contributed by atoms with Crippen molar-refractivity contribution >= 4 is 21.8 Å². The quantitative estimate of drug-likeness (QED) is 0.581. The molecule has 4 rings (SSSR count). The molecule has 2 heterocycles. The molecule has 0 bridgehead atoms. The van der Waals surface area contributed by atoms with Crippen LogP contribution in [0.15, 0.2) is 57.5 Å². The van der Waals surface area contributed by atoms with Gasteiger partial charge in [-0.15, -0.1) is 0 Å². The van der Waals surface area contributed by atoms with Crippen LogP contribution < -0.4 is 0 Å². The summed E-state index contributed by atoms with van der Waals surface area (Å²) in [4.78, 5) is 18.8. The second-order valence-electron chi connectivity index (χ2n) is 6.71. The molecule has 0 saturated carbocycles. The molecule has 1 aromatic heterocycles. The van der Waals surface area contributed by atoms with E-state index in [2.05, 4.69) is 45.1 Å². The number of hydrogen-bond acceptors (Lipinski definition) is 4. The Kier molecular flexibility index (Phi) is 5.07. The Bertz CT molecular complexity index is 952. The predicted molar refractivity (Wildman–Crippen MR) is 106 cm³/mol. The van der Waals surface area contributed by atoms with Gasteiger partial charge in [-0.3, -0.25) is 4.79 Å². The SMILES string of the molecule is CCc1ccc(-c2noc(C3CCC(=O)N3Cc3cccc(Br)c3)n2)cc1. The number of halogens is 1. The lowest BCUT2D eigenvalue weighted by atomic mass is 10.1. The molecule has 1 unspecified atom stereocenters. The molecule has 1 fully saturated rings. The first-order valence-electron chi connectivity index (χ1n) is 9.11. The summed E-state index contributed by atoms with van der Waals surface area (Å²) in [6.45, 7) is 2.66. The number of aromatic nitrogens is 2. The predicted octanol–water partition coefficient (Wildman–Crippen LogP) is 4.93. The van der Waals surface area contributed by atoms with Crippen molar-refractivity contribution in [2.24, 2.45) is 0 Å². The van der Waals surface area contributed by atoms with Crippen LogP contribution in [0.25, 0.3) is 11.4 Å². The molecule has 0 aliphatic carbocycles. The molecule has 6 heteroatoms. The zero-order valence-corrected chi connectivity index (χ0v) is 16.6. The Labute approximate surface area is 166 Å². The summed E-state index contributed by atoms with van der Waals surface area (Å²) in [6.07, 6.45) is 2.19. The zero-order valence-electron chi connectivity index (χ0n) is 15.1. The second kappa shape index (κ2) is 7.64. The average molecular weight is 426 g/mol. The topological polar surface area (TPSA) is 59.2 Å². The van der Waals surface area contributed by atoms with Crippen molar-refractivity contribution in [2.45, 2.75) is 38.8 Å². The van der Waals surface area contributed by atoms with Gasteiger partial charge in [0.2, 0.25) is 17.6 Å². The first kappa shape index (κ1) is 17.9. The smallest absolute Gasteiger partial charge is 0.249 e. The van der Waals surface area contributed by atoms with Crippen molar-refractivity contribution in [3.05, 3.63) is 70.0 Å². The lowest BCUT2D eigenvalue weighted by molar-refractivity contribution is -0.129. The Balaban J connectivity index is 1.56. The molecular weight excluding hydrogens is 406 g/mol. The highest BCUT2D eigenvalue weighted by molar-refractivity contribution is 9.10. The lowest BCUT2D eigenvalue weighted by Crippen LogP contribution is -2.27. The van der Waals surface area contributed by atoms with Crippen LogP contribution in [0.3, 0.4) is 0 Å². The molecule has 5 nitrogen and oxygen atoms in total. The Morgan fingerprint density at radius 1 is 1.19 bits per heavy atom. The summed E-state index contributed by atoms with van der Waals surface area (Å²) >= 11 is 3.48. The molecule has 1 saturated heterocycles. The van der Waals surface area contributed by atoms with Gasteiger partial charge in [-0.25, -0.2) is 0 Å². The molecule has 0 N–H and O–H groups in total. The highest BCUT2D eigenvalue weighted by Gasteiger charge is 2.36. The fourth-order valence-electron chi connectivity index (χ4n) is 3.40. The van der Waals surface area contributed by atoms with E-state index in [4.69, 9.17) is 4.52 Å². The van der Waals surface area contributed by atoms with Crippen LogP contribution in [0.5, 0.6) is 0 Å². The van der Waals surface area contributed by atoms with E-state index in [9.17, 15) is 4.79 Å². The molecule has 1 atom stereocenters. The number of aryl methyl sites for hydroxylation is 1. The van der Waals surface area contributed by atoms with Crippen LogP contribution >= 0.6 is 15.9 Å². The molecular formula is C21H20BrN3O2. The fraction of sp³-hybridized carbons (Fsp3) is 0.286. The summed E-state index contributed by atoms with van der Waals surface area (Å²) in [6, 6.07) is 16.0. The summed E-state index contributed by atoms with van der Waals surface area (Å²) < 4.78 is 6.53. The molecule has 138 valence electrons. The van der Waals surface area contributed by atoms with Crippen LogP contribution in [0.4, 0.5) is 0 Å². The number of nitrogens with zero attached hydrogens (tertiary/aromatic N) is 3. The number of amides is 1. The van der Waals surface area contributed by atoms with E-state index in [1.165, 1.54) is 5.56 Å². The largest absolute Gasteiger partial charge is 0.337 e. The molecule has 2 aromatic carbocycles. The second-order valence-corrected chi connectivity index (χ2v) is 7.63. The third-order valence-electron chi connectivity index (χ3n) is 4.92. The van der Waals surface area contributed by atoms with Crippen LogP contribution in [0, 0.1) is 0 Å². The zero-order chi connectivity index (χ0) is 18.8. The summed E-state index contributed by atoms with van der Waals surface area (Å²) in [5, 5.41) is 4.14. The van der Waals surface area contributed by atoms with Gasteiger partial charge in [0, 0.05) is 23.0 Å². The molecule has 27 heavy (non-hydrogen) atoms. The summed E-state index contributed by atoms with van der Waals surface area (Å²) in [7, 11) is 0. The van der Waals surface area contributed by atoms with Gasteiger partial charge in [0.05, 0.1) is 0 Å². The van der Waals surface area contributed by atoms with Gasteiger partial charge in [-0.05, 0) is 36.1 Å². The van der Waals surface area contributed by atoms with Crippen LogP contribution in [0.1, 0.15) is 42.8 Å². The van der Waals surface area contributed by atoms with Gasteiger partial charge in [-0.2, -0.15) is 4.98 Å².